The molecule has 0 N–H and O–H groups in total. The second-order valence-corrected chi connectivity index (χ2v) is 5.28. The molecular formula is C15H21NO. The average Bonchev–Trinajstić information content (AvgIpc) is 2.32. The Morgan fingerprint density at radius 3 is 2.65 bits per heavy atom. The van der Waals surface area contributed by atoms with Crippen LogP contribution >= 0.6 is 0 Å². The van der Waals surface area contributed by atoms with Crippen molar-refractivity contribution >= 4 is 11.5 Å². The number of piperidine rings is 1. The van der Waals surface area contributed by atoms with E-state index in [-0.39, 0.29) is 5.92 Å². The molecule has 1 aromatic rings. The van der Waals surface area contributed by atoms with Crippen LogP contribution in [0.1, 0.15) is 38.7 Å². The van der Waals surface area contributed by atoms with Gasteiger partial charge in [0.25, 0.3) is 0 Å². The van der Waals surface area contributed by atoms with Crippen molar-refractivity contribution in [3.05, 3.63) is 29.8 Å². The lowest BCUT2D eigenvalue weighted by atomic mass is 9.95. The van der Waals surface area contributed by atoms with Crippen LogP contribution in [0, 0.1) is 5.92 Å². The van der Waals surface area contributed by atoms with Crippen molar-refractivity contribution in [2.75, 3.05) is 18.0 Å². The molecule has 1 atom stereocenters. The minimum absolute atomic E-state index is 0.170. The Kier molecular flexibility index (Phi) is 3.51. The van der Waals surface area contributed by atoms with Crippen LogP contribution in [0.4, 0.5) is 5.69 Å². The highest BCUT2D eigenvalue weighted by atomic mass is 16.1. The van der Waals surface area contributed by atoms with Crippen molar-refractivity contribution in [1.29, 1.82) is 0 Å². The summed E-state index contributed by atoms with van der Waals surface area (Å²) in [5.41, 5.74) is 2.69. The van der Waals surface area contributed by atoms with Crippen LogP contribution in [0.3, 0.4) is 0 Å². The van der Waals surface area contributed by atoms with Crippen molar-refractivity contribution in [1.82, 2.24) is 0 Å². The molecule has 0 aromatic heterocycles. The maximum absolute atomic E-state index is 11.6. The molecule has 1 aliphatic heterocycles. The fourth-order valence-electron chi connectivity index (χ4n) is 2.50. The number of benzene rings is 1. The number of carbonyl (C=O) groups is 1. The molecule has 1 aliphatic rings. The van der Waals surface area contributed by atoms with Gasteiger partial charge in [0.15, 0.2) is 0 Å². The first-order valence-corrected chi connectivity index (χ1v) is 6.46. The molecule has 1 heterocycles. The average molecular weight is 231 g/mol. The molecule has 2 rings (SSSR count). The molecule has 0 radical (unpaired) electrons. The van der Waals surface area contributed by atoms with Gasteiger partial charge in [0.2, 0.25) is 0 Å². The van der Waals surface area contributed by atoms with Crippen molar-refractivity contribution < 1.29 is 4.79 Å². The van der Waals surface area contributed by atoms with Crippen molar-refractivity contribution in [2.45, 2.75) is 33.1 Å². The van der Waals surface area contributed by atoms with Gasteiger partial charge in [-0.15, -0.1) is 0 Å². The molecule has 0 spiro atoms. The van der Waals surface area contributed by atoms with Gasteiger partial charge in [0.05, 0.1) is 0 Å². The van der Waals surface area contributed by atoms with Gasteiger partial charge in [-0.1, -0.05) is 39.0 Å². The summed E-state index contributed by atoms with van der Waals surface area (Å²) in [5.74, 6) is 1.10. The second-order valence-electron chi connectivity index (χ2n) is 5.28. The van der Waals surface area contributed by atoms with Crippen LogP contribution in [0.5, 0.6) is 0 Å². The standard InChI is InChI=1S/C15H21NO/c1-11(2)13-6-4-5-7-14(13)16-9-8-15(17)12(3)10-16/h4-7,11-12H,8-10H2,1-3H3. The first kappa shape index (κ1) is 12.2. The van der Waals surface area contributed by atoms with E-state index in [1.807, 2.05) is 6.92 Å². The third kappa shape index (κ3) is 2.51. The van der Waals surface area contributed by atoms with Gasteiger partial charge >= 0.3 is 0 Å². The number of ketones is 1. The lowest BCUT2D eigenvalue weighted by Crippen LogP contribution is -2.40. The Bertz CT molecular complexity index is 411. The smallest absolute Gasteiger partial charge is 0.139 e. The zero-order valence-corrected chi connectivity index (χ0v) is 10.9. The molecule has 1 fully saturated rings. The maximum Gasteiger partial charge on any atom is 0.139 e. The third-order valence-corrected chi connectivity index (χ3v) is 3.57. The molecule has 17 heavy (non-hydrogen) atoms. The quantitative estimate of drug-likeness (QED) is 0.779. The molecule has 1 saturated heterocycles. The first-order valence-electron chi connectivity index (χ1n) is 6.46. The van der Waals surface area contributed by atoms with Gasteiger partial charge in [0, 0.05) is 31.1 Å². The zero-order chi connectivity index (χ0) is 12.4. The van der Waals surface area contributed by atoms with E-state index in [0.29, 0.717) is 18.1 Å². The zero-order valence-electron chi connectivity index (χ0n) is 10.9. The van der Waals surface area contributed by atoms with Crippen LogP contribution in [0.2, 0.25) is 0 Å². The topological polar surface area (TPSA) is 20.3 Å². The second kappa shape index (κ2) is 4.91. The highest BCUT2D eigenvalue weighted by molar-refractivity contribution is 5.83. The lowest BCUT2D eigenvalue weighted by Gasteiger charge is -2.34. The highest BCUT2D eigenvalue weighted by Crippen LogP contribution is 2.29. The van der Waals surface area contributed by atoms with E-state index < -0.39 is 0 Å². The van der Waals surface area contributed by atoms with E-state index in [1.54, 1.807) is 0 Å². The van der Waals surface area contributed by atoms with Crippen LogP contribution in [0.15, 0.2) is 24.3 Å². The summed E-state index contributed by atoms with van der Waals surface area (Å²) in [6.07, 6.45) is 0.688. The summed E-state index contributed by atoms with van der Waals surface area (Å²) in [6.45, 7) is 8.21. The van der Waals surface area contributed by atoms with Gasteiger partial charge in [-0.3, -0.25) is 4.79 Å². The molecule has 92 valence electrons. The fraction of sp³-hybridized carbons (Fsp3) is 0.533. The monoisotopic (exact) mass is 231 g/mol. The van der Waals surface area contributed by atoms with Crippen LogP contribution in [-0.4, -0.2) is 18.9 Å². The SMILES string of the molecule is CC1CN(c2ccccc2C(C)C)CCC1=O. The predicted molar refractivity (Wildman–Crippen MR) is 71.5 cm³/mol. The molecule has 0 saturated carbocycles. The Balaban J connectivity index is 2.25. The van der Waals surface area contributed by atoms with E-state index in [9.17, 15) is 4.79 Å². The fourth-order valence-corrected chi connectivity index (χ4v) is 2.50. The normalized spacial score (nSPS) is 21.1. The Hall–Kier alpha value is -1.31. The number of para-hydroxylation sites is 1. The van der Waals surface area contributed by atoms with E-state index in [2.05, 4.69) is 43.0 Å². The number of hydrogen-bond donors (Lipinski definition) is 0. The third-order valence-electron chi connectivity index (χ3n) is 3.57. The van der Waals surface area contributed by atoms with E-state index in [0.717, 1.165) is 13.1 Å². The van der Waals surface area contributed by atoms with Crippen LogP contribution in [0.25, 0.3) is 0 Å². The minimum atomic E-state index is 0.170. The molecule has 0 bridgehead atoms. The Labute approximate surface area is 104 Å². The molecule has 2 heteroatoms. The molecule has 0 aliphatic carbocycles. The number of carbonyl (C=O) groups excluding carboxylic acids is 1. The highest BCUT2D eigenvalue weighted by Gasteiger charge is 2.24. The summed E-state index contributed by atoms with van der Waals surface area (Å²) in [4.78, 5) is 13.9. The molecule has 1 unspecified atom stereocenters. The van der Waals surface area contributed by atoms with Crippen molar-refractivity contribution in [2.24, 2.45) is 5.92 Å². The number of rotatable bonds is 2. The minimum Gasteiger partial charge on any atom is -0.370 e. The summed E-state index contributed by atoms with van der Waals surface area (Å²) < 4.78 is 0. The summed E-state index contributed by atoms with van der Waals surface area (Å²) in [7, 11) is 0. The van der Waals surface area contributed by atoms with E-state index in [1.165, 1.54) is 11.3 Å². The van der Waals surface area contributed by atoms with Crippen molar-refractivity contribution in [3.8, 4) is 0 Å². The Morgan fingerprint density at radius 2 is 2.00 bits per heavy atom. The van der Waals surface area contributed by atoms with Gasteiger partial charge in [-0.25, -0.2) is 0 Å². The van der Waals surface area contributed by atoms with Gasteiger partial charge in [-0.05, 0) is 17.5 Å². The van der Waals surface area contributed by atoms with Crippen LogP contribution in [-0.2, 0) is 4.79 Å². The lowest BCUT2D eigenvalue weighted by molar-refractivity contribution is -0.122. The molecule has 0 amide bonds. The van der Waals surface area contributed by atoms with Crippen LogP contribution < -0.4 is 4.90 Å². The van der Waals surface area contributed by atoms with Gasteiger partial charge < -0.3 is 4.90 Å². The number of hydrogen-bond acceptors (Lipinski definition) is 2. The van der Waals surface area contributed by atoms with E-state index in [4.69, 9.17) is 0 Å². The number of anilines is 1. The first-order chi connectivity index (χ1) is 8.09. The van der Waals surface area contributed by atoms with E-state index >= 15 is 0 Å². The summed E-state index contributed by atoms with van der Waals surface area (Å²) in [5, 5.41) is 0. The summed E-state index contributed by atoms with van der Waals surface area (Å²) in [6, 6.07) is 8.55. The largest absolute Gasteiger partial charge is 0.370 e. The van der Waals surface area contributed by atoms with Gasteiger partial charge in [0.1, 0.15) is 5.78 Å². The maximum atomic E-state index is 11.6. The number of nitrogens with zero attached hydrogens (tertiary/aromatic N) is 1. The Morgan fingerprint density at radius 1 is 1.29 bits per heavy atom. The molecule has 1 aromatic carbocycles. The number of Topliss-reactive ketones (excluding diaryl/α,β-unsaturated/α-hetero) is 1. The van der Waals surface area contributed by atoms with Crippen molar-refractivity contribution in [3.63, 3.8) is 0 Å². The predicted octanol–water partition coefficient (Wildman–Crippen LogP) is 3.23. The molecule has 2 nitrogen and oxygen atoms in total. The molecular weight excluding hydrogens is 210 g/mol. The summed E-state index contributed by atoms with van der Waals surface area (Å²) >= 11 is 0. The van der Waals surface area contributed by atoms with Gasteiger partial charge in [-0.2, -0.15) is 0 Å².